The third-order valence-corrected chi connectivity index (χ3v) is 5.62. The molecule has 0 bridgehead atoms. The summed E-state index contributed by atoms with van der Waals surface area (Å²) in [4.78, 5) is 26.9. The predicted octanol–water partition coefficient (Wildman–Crippen LogP) is 1.93. The Morgan fingerprint density at radius 1 is 1.28 bits per heavy atom. The summed E-state index contributed by atoms with van der Waals surface area (Å²) in [5, 5.41) is 12.2. The Morgan fingerprint density at radius 3 is 2.66 bits per heavy atom. The van der Waals surface area contributed by atoms with Gasteiger partial charge in [0.2, 0.25) is 5.91 Å². The molecule has 1 saturated heterocycles. The van der Waals surface area contributed by atoms with Gasteiger partial charge in [0.1, 0.15) is 0 Å². The maximum absolute atomic E-state index is 12.6. The van der Waals surface area contributed by atoms with Crippen LogP contribution in [0.1, 0.15) is 30.4 Å². The summed E-state index contributed by atoms with van der Waals surface area (Å²) in [6, 6.07) is 0. The first-order chi connectivity index (χ1) is 13.8. The quantitative estimate of drug-likeness (QED) is 0.767. The van der Waals surface area contributed by atoms with E-state index in [4.69, 9.17) is 16.3 Å². The molecule has 10 heteroatoms. The zero-order valence-electron chi connectivity index (χ0n) is 17.2. The molecular formula is C19H27ClN6O3. The van der Waals surface area contributed by atoms with Crippen LogP contribution in [-0.4, -0.2) is 62.1 Å². The first-order valence-corrected chi connectivity index (χ1v) is 10.1. The second kappa shape index (κ2) is 8.96. The summed E-state index contributed by atoms with van der Waals surface area (Å²) >= 11 is 6.16. The molecule has 158 valence electrons. The van der Waals surface area contributed by atoms with Crippen molar-refractivity contribution >= 4 is 29.1 Å². The SMILES string of the molecule is CCn1cc(NC(=O)C2CN(C(=O)CCn3nc(C)c(Cl)c3C)CCO2)c(C)n1. The number of hydrogen-bond acceptors (Lipinski definition) is 5. The van der Waals surface area contributed by atoms with E-state index >= 15 is 0 Å². The van der Waals surface area contributed by atoms with Crippen molar-refractivity contribution in [1.82, 2.24) is 24.5 Å². The summed E-state index contributed by atoms with van der Waals surface area (Å²) in [5.74, 6) is -0.309. The number of anilines is 1. The van der Waals surface area contributed by atoms with Crippen LogP contribution in [0.5, 0.6) is 0 Å². The molecule has 2 aromatic heterocycles. The molecule has 2 amide bonds. The van der Waals surface area contributed by atoms with E-state index in [0.717, 1.165) is 23.6 Å². The molecule has 29 heavy (non-hydrogen) atoms. The minimum atomic E-state index is -0.708. The minimum Gasteiger partial charge on any atom is -0.365 e. The lowest BCUT2D eigenvalue weighted by molar-refractivity contribution is -0.144. The van der Waals surface area contributed by atoms with Gasteiger partial charge < -0.3 is 15.0 Å². The van der Waals surface area contributed by atoms with E-state index in [-0.39, 0.29) is 24.8 Å². The molecule has 1 fully saturated rings. The zero-order valence-corrected chi connectivity index (χ0v) is 18.0. The summed E-state index contributed by atoms with van der Waals surface area (Å²) < 4.78 is 9.10. The highest BCUT2D eigenvalue weighted by atomic mass is 35.5. The van der Waals surface area contributed by atoms with E-state index in [0.29, 0.717) is 30.4 Å². The van der Waals surface area contributed by atoms with Crippen LogP contribution in [0.4, 0.5) is 5.69 Å². The van der Waals surface area contributed by atoms with Crippen LogP contribution >= 0.6 is 11.6 Å². The first-order valence-electron chi connectivity index (χ1n) is 9.74. The Labute approximate surface area is 174 Å². The lowest BCUT2D eigenvalue weighted by Gasteiger charge is -2.32. The van der Waals surface area contributed by atoms with Crippen LogP contribution in [0.3, 0.4) is 0 Å². The number of amides is 2. The largest absolute Gasteiger partial charge is 0.365 e. The Balaban J connectivity index is 1.56. The van der Waals surface area contributed by atoms with Gasteiger partial charge in [0.15, 0.2) is 6.10 Å². The third-order valence-electron chi connectivity index (χ3n) is 5.07. The predicted molar refractivity (Wildman–Crippen MR) is 109 cm³/mol. The fraction of sp³-hybridized carbons (Fsp3) is 0.579. The van der Waals surface area contributed by atoms with Gasteiger partial charge in [0, 0.05) is 25.7 Å². The average Bonchev–Trinajstić information content (AvgIpc) is 3.19. The molecule has 0 aromatic carbocycles. The molecule has 0 aliphatic carbocycles. The Morgan fingerprint density at radius 2 is 2.03 bits per heavy atom. The van der Waals surface area contributed by atoms with E-state index in [1.54, 1.807) is 20.5 Å². The Hall–Kier alpha value is -2.39. The molecule has 9 nitrogen and oxygen atoms in total. The van der Waals surface area contributed by atoms with Gasteiger partial charge in [0.05, 0.1) is 47.5 Å². The van der Waals surface area contributed by atoms with Crippen molar-refractivity contribution in [2.24, 2.45) is 0 Å². The lowest BCUT2D eigenvalue weighted by atomic mass is 10.2. The highest BCUT2D eigenvalue weighted by Gasteiger charge is 2.29. The fourth-order valence-corrected chi connectivity index (χ4v) is 3.44. The average molecular weight is 423 g/mol. The standard InChI is InChI=1S/C19H27ClN6O3/c1-5-25-10-15(12(2)22-25)21-19(28)16-11-24(8-9-29-16)17(27)6-7-26-14(4)18(20)13(3)23-26/h10,16H,5-9,11H2,1-4H3,(H,21,28). The summed E-state index contributed by atoms with van der Waals surface area (Å²) in [5.41, 5.74) is 3.00. The molecule has 3 rings (SSSR count). The van der Waals surface area contributed by atoms with Crippen molar-refractivity contribution < 1.29 is 14.3 Å². The van der Waals surface area contributed by atoms with Crippen LogP contribution in [0.2, 0.25) is 5.02 Å². The van der Waals surface area contributed by atoms with E-state index in [1.165, 1.54) is 0 Å². The third kappa shape index (κ3) is 4.79. The molecule has 1 atom stereocenters. The fourth-order valence-electron chi connectivity index (χ4n) is 3.30. The Bertz CT molecular complexity index is 906. The molecule has 0 spiro atoms. The molecule has 1 aliphatic rings. The van der Waals surface area contributed by atoms with Crippen molar-refractivity contribution in [3.8, 4) is 0 Å². The second-order valence-corrected chi connectivity index (χ2v) is 7.51. The number of aryl methyl sites for hydroxylation is 4. The van der Waals surface area contributed by atoms with E-state index in [9.17, 15) is 9.59 Å². The van der Waals surface area contributed by atoms with Gasteiger partial charge in [-0.3, -0.25) is 19.0 Å². The molecule has 1 aliphatic heterocycles. The molecule has 1 N–H and O–H groups in total. The zero-order chi connectivity index (χ0) is 21.1. The van der Waals surface area contributed by atoms with Crippen molar-refractivity contribution in [2.75, 3.05) is 25.0 Å². The van der Waals surface area contributed by atoms with E-state index < -0.39 is 6.10 Å². The number of carbonyl (C=O) groups excluding carboxylic acids is 2. The van der Waals surface area contributed by atoms with Gasteiger partial charge in [-0.25, -0.2) is 0 Å². The molecular weight excluding hydrogens is 396 g/mol. The summed E-state index contributed by atoms with van der Waals surface area (Å²) in [6.07, 6.45) is 1.37. The van der Waals surface area contributed by atoms with Gasteiger partial charge in [0.25, 0.3) is 5.91 Å². The van der Waals surface area contributed by atoms with Crippen LogP contribution in [-0.2, 0) is 27.4 Å². The summed E-state index contributed by atoms with van der Waals surface area (Å²) in [6.45, 7) is 9.71. The normalized spacial score (nSPS) is 16.9. The topological polar surface area (TPSA) is 94.3 Å². The lowest BCUT2D eigenvalue weighted by Crippen LogP contribution is -2.50. The molecule has 0 saturated carbocycles. The number of morpholine rings is 1. The van der Waals surface area contributed by atoms with E-state index in [2.05, 4.69) is 15.5 Å². The number of carbonyl (C=O) groups is 2. The number of hydrogen-bond donors (Lipinski definition) is 1. The maximum Gasteiger partial charge on any atom is 0.255 e. The van der Waals surface area contributed by atoms with Gasteiger partial charge in [-0.1, -0.05) is 11.6 Å². The van der Waals surface area contributed by atoms with Gasteiger partial charge in [-0.15, -0.1) is 0 Å². The summed E-state index contributed by atoms with van der Waals surface area (Å²) in [7, 11) is 0. The number of ether oxygens (including phenoxy) is 1. The van der Waals surface area contributed by atoms with Crippen molar-refractivity contribution in [3.63, 3.8) is 0 Å². The van der Waals surface area contributed by atoms with Crippen molar-refractivity contribution in [3.05, 3.63) is 28.3 Å². The van der Waals surface area contributed by atoms with Crippen LogP contribution in [0, 0.1) is 20.8 Å². The molecule has 0 radical (unpaired) electrons. The Kier molecular flexibility index (Phi) is 6.59. The smallest absolute Gasteiger partial charge is 0.255 e. The van der Waals surface area contributed by atoms with Crippen molar-refractivity contribution in [1.29, 1.82) is 0 Å². The number of aromatic nitrogens is 4. The van der Waals surface area contributed by atoms with Crippen LogP contribution in [0.15, 0.2) is 6.20 Å². The highest BCUT2D eigenvalue weighted by Crippen LogP contribution is 2.19. The monoisotopic (exact) mass is 422 g/mol. The van der Waals surface area contributed by atoms with Crippen molar-refractivity contribution in [2.45, 2.75) is 53.3 Å². The van der Waals surface area contributed by atoms with Crippen LogP contribution < -0.4 is 5.32 Å². The van der Waals surface area contributed by atoms with Gasteiger partial charge in [-0.2, -0.15) is 10.2 Å². The number of nitrogens with one attached hydrogen (secondary N) is 1. The maximum atomic E-state index is 12.6. The molecule has 2 aromatic rings. The molecule has 1 unspecified atom stereocenters. The first kappa shape index (κ1) is 21.3. The van der Waals surface area contributed by atoms with Crippen LogP contribution in [0.25, 0.3) is 0 Å². The highest BCUT2D eigenvalue weighted by molar-refractivity contribution is 6.31. The minimum absolute atomic E-state index is 0.0373. The molecule has 3 heterocycles. The number of rotatable bonds is 6. The van der Waals surface area contributed by atoms with Gasteiger partial charge in [-0.05, 0) is 27.7 Å². The van der Waals surface area contributed by atoms with E-state index in [1.807, 2.05) is 27.7 Å². The van der Waals surface area contributed by atoms with Gasteiger partial charge >= 0.3 is 0 Å². The second-order valence-electron chi connectivity index (χ2n) is 7.13. The number of halogens is 1. The number of nitrogens with zero attached hydrogens (tertiary/aromatic N) is 5.